The van der Waals surface area contributed by atoms with Crippen LogP contribution in [-0.4, -0.2) is 42.4 Å². The smallest absolute Gasteiger partial charge is 0.415 e. The molecule has 0 bridgehead atoms. The highest BCUT2D eigenvalue weighted by molar-refractivity contribution is 6.09. The molecular formula is C26H34N2O5. The van der Waals surface area contributed by atoms with Crippen molar-refractivity contribution in [3.63, 3.8) is 0 Å². The molecule has 0 aromatic heterocycles. The Balaban J connectivity index is 2.33. The number of nitrogens with zero attached hydrogens (tertiary/aromatic N) is 1. The monoisotopic (exact) mass is 454 g/mol. The molecule has 0 heterocycles. The van der Waals surface area contributed by atoms with Gasteiger partial charge in [-0.05, 0) is 50.6 Å². The summed E-state index contributed by atoms with van der Waals surface area (Å²) in [6.45, 7) is 10.7. The van der Waals surface area contributed by atoms with Crippen LogP contribution < -0.4 is 14.8 Å². The van der Waals surface area contributed by atoms with Gasteiger partial charge in [-0.25, -0.2) is 4.79 Å². The average molecular weight is 455 g/mol. The highest BCUT2D eigenvalue weighted by atomic mass is 16.6. The number of rotatable bonds is 8. The lowest BCUT2D eigenvalue weighted by Gasteiger charge is -2.31. The zero-order chi connectivity index (χ0) is 24.8. The molecule has 2 aromatic carbocycles. The molecule has 0 saturated carbocycles. The average Bonchev–Trinajstić information content (AvgIpc) is 2.73. The van der Waals surface area contributed by atoms with Crippen LogP contribution in [0.5, 0.6) is 11.5 Å². The van der Waals surface area contributed by atoms with E-state index >= 15 is 0 Å². The first kappa shape index (κ1) is 25.9. The van der Waals surface area contributed by atoms with E-state index in [2.05, 4.69) is 5.32 Å². The first-order valence-corrected chi connectivity index (χ1v) is 11.0. The van der Waals surface area contributed by atoms with Crippen LogP contribution in [0.15, 0.2) is 48.5 Å². The van der Waals surface area contributed by atoms with Crippen LogP contribution >= 0.6 is 0 Å². The Morgan fingerprint density at radius 2 is 1.67 bits per heavy atom. The second-order valence-electron chi connectivity index (χ2n) is 9.29. The summed E-state index contributed by atoms with van der Waals surface area (Å²) in [4.78, 5) is 41.0. The number of Topliss-reactive ketones (excluding diaryl/α,β-unsaturated/α-hetero) is 1. The van der Waals surface area contributed by atoms with E-state index < -0.39 is 23.3 Å². The van der Waals surface area contributed by atoms with E-state index in [-0.39, 0.29) is 18.4 Å². The minimum absolute atomic E-state index is 0.112. The van der Waals surface area contributed by atoms with Crippen molar-refractivity contribution in [3.05, 3.63) is 54.1 Å². The van der Waals surface area contributed by atoms with E-state index in [1.54, 1.807) is 57.2 Å². The predicted molar refractivity (Wildman–Crippen MR) is 129 cm³/mol. The molecule has 2 amide bonds. The zero-order valence-electron chi connectivity index (χ0n) is 20.5. The molecule has 33 heavy (non-hydrogen) atoms. The fourth-order valence-electron chi connectivity index (χ4n) is 3.29. The van der Waals surface area contributed by atoms with Gasteiger partial charge in [0, 0.05) is 18.0 Å². The van der Waals surface area contributed by atoms with Crippen molar-refractivity contribution < 1.29 is 23.9 Å². The van der Waals surface area contributed by atoms with Crippen LogP contribution in [0.25, 0.3) is 0 Å². The molecule has 0 aliphatic heterocycles. The third-order valence-electron chi connectivity index (χ3n) is 5.17. The first-order chi connectivity index (χ1) is 15.4. The maximum absolute atomic E-state index is 13.4. The Hall–Kier alpha value is -3.35. The highest BCUT2D eigenvalue weighted by Crippen LogP contribution is 2.28. The quantitative estimate of drug-likeness (QED) is 0.562. The Labute approximate surface area is 196 Å². The van der Waals surface area contributed by atoms with Crippen LogP contribution in [0, 0.1) is 18.3 Å². The molecule has 2 rings (SSSR count). The van der Waals surface area contributed by atoms with E-state index in [1.165, 1.54) is 12.0 Å². The molecule has 7 heteroatoms. The summed E-state index contributed by atoms with van der Waals surface area (Å²) in [7, 11) is 1.51. The largest absolute Gasteiger partial charge is 0.495 e. The summed E-state index contributed by atoms with van der Waals surface area (Å²) < 4.78 is 10.8. The van der Waals surface area contributed by atoms with Crippen molar-refractivity contribution in [2.45, 2.75) is 47.6 Å². The number of ketones is 1. The van der Waals surface area contributed by atoms with Crippen molar-refractivity contribution in [2.24, 2.45) is 11.3 Å². The standard InChI is InChI=1S/C26H34N2O5/c1-17(2)28(25(31)33-19-11-9-8-10-12-19)16-20(23(29)26(4,5)6)24(30)27-21-15-18(3)13-14-22(21)32-7/h8-15,17,20H,16H2,1-7H3,(H,27,30). The van der Waals surface area contributed by atoms with Gasteiger partial charge in [0.25, 0.3) is 0 Å². The van der Waals surface area contributed by atoms with Gasteiger partial charge in [0.05, 0.1) is 12.8 Å². The second kappa shape index (κ2) is 11.0. The Bertz CT molecular complexity index is 980. The van der Waals surface area contributed by atoms with Crippen LogP contribution in [0.2, 0.25) is 0 Å². The summed E-state index contributed by atoms with van der Waals surface area (Å²) in [6.07, 6.45) is -0.621. The van der Waals surface area contributed by atoms with Crippen LogP contribution in [0.1, 0.15) is 40.2 Å². The minimum Gasteiger partial charge on any atom is -0.495 e. The summed E-state index contributed by atoms with van der Waals surface area (Å²) >= 11 is 0. The van der Waals surface area contributed by atoms with Crippen LogP contribution in [0.3, 0.4) is 0 Å². The molecule has 1 atom stereocenters. The van der Waals surface area contributed by atoms with E-state index in [4.69, 9.17) is 9.47 Å². The van der Waals surface area contributed by atoms with Gasteiger partial charge in [-0.3, -0.25) is 9.59 Å². The Morgan fingerprint density at radius 3 is 2.21 bits per heavy atom. The number of para-hydroxylation sites is 1. The van der Waals surface area contributed by atoms with Crippen molar-refractivity contribution in [1.29, 1.82) is 0 Å². The molecule has 0 radical (unpaired) electrons. The fraction of sp³-hybridized carbons (Fsp3) is 0.423. The van der Waals surface area contributed by atoms with Crippen LogP contribution in [0.4, 0.5) is 10.5 Å². The van der Waals surface area contributed by atoms with Crippen LogP contribution in [-0.2, 0) is 9.59 Å². The van der Waals surface area contributed by atoms with E-state index in [0.29, 0.717) is 17.2 Å². The third kappa shape index (κ3) is 7.07. The van der Waals surface area contributed by atoms with Gasteiger partial charge in [-0.1, -0.05) is 45.0 Å². The van der Waals surface area contributed by atoms with E-state index in [1.807, 2.05) is 32.9 Å². The number of amides is 2. The topological polar surface area (TPSA) is 84.9 Å². The number of ether oxygens (including phenoxy) is 2. The number of hydrogen-bond donors (Lipinski definition) is 1. The molecule has 0 spiro atoms. The summed E-state index contributed by atoms with van der Waals surface area (Å²) in [5.41, 5.74) is 0.613. The van der Waals surface area contributed by atoms with Gasteiger partial charge in [-0.2, -0.15) is 0 Å². The normalized spacial score (nSPS) is 12.1. The number of anilines is 1. The van der Waals surface area contributed by atoms with Crippen molar-refractivity contribution in [1.82, 2.24) is 4.90 Å². The molecule has 1 unspecified atom stereocenters. The van der Waals surface area contributed by atoms with Gasteiger partial charge >= 0.3 is 6.09 Å². The molecule has 0 aliphatic rings. The van der Waals surface area contributed by atoms with Gasteiger partial charge in [-0.15, -0.1) is 0 Å². The predicted octanol–water partition coefficient (Wildman–Crippen LogP) is 5.08. The molecule has 7 nitrogen and oxygen atoms in total. The summed E-state index contributed by atoms with van der Waals surface area (Å²) in [5.74, 6) is -0.997. The van der Waals surface area contributed by atoms with E-state index in [0.717, 1.165) is 5.56 Å². The molecule has 1 N–H and O–H groups in total. The maximum atomic E-state index is 13.4. The van der Waals surface area contributed by atoms with Gasteiger partial charge in [0.15, 0.2) is 5.78 Å². The molecule has 0 aliphatic carbocycles. The van der Waals surface area contributed by atoms with Crippen molar-refractivity contribution >= 4 is 23.5 Å². The number of aryl methyl sites for hydroxylation is 1. The molecule has 0 saturated heterocycles. The number of hydrogen-bond acceptors (Lipinski definition) is 5. The SMILES string of the molecule is COc1ccc(C)cc1NC(=O)C(CN(C(=O)Oc1ccccc1)C(C)C)C(=O)C(C)(C)C. The van der Waals surface area contributed by atoms with Gasteiger partial charge in [0.1, 0.15) is 17.4 Å². The Morgan fingerprint density at radius 1 is 1.03 bits per heavy atom. The third-order valence-corrected chi connectivity index (χ3v) is 5.17. The fourth-order valence-corrected chi connectivity index (χ4v) is 3.29. The second-order valence-corrected chi connectivity index (χ2v) is 9.29. The lowest BCUT2D eigenvalue weighted by Crippen LogP contribution is -2.49. The first-order valence-electron chi connectivity index (χ1n) is 11.0. The summed E-state index contributed by atoms with van der Waals surface area (Å²) in [5, 5.41) is 2.82. The van der Waals surface area contributed by atoms with Crippen molar-refractivity contribution in [2.75, 3.05) is 19.0 Å². The van der Waals surface area contributed by atoms with Crippen molar-refractivity contribution in [3.8, 4) is 11.5 Å². The molecule has 2 aromatic rings. The number of benzene rings is 2. The minimum atomic E-state index is -1.10. The number of methoxy groups -OCH3 is 1. The molecule has 0 fully saturated rings. The lowest BCUT2D eigenvalue weighted by molar-refractivity contribution is -0.137. The number of carbonyl (C=O) groups is 3. The summed E-state index contributed by atoms with van der Waals surface area (Å²) in [6, 6.07) is 13.8. The number of carbonyl (C=O) groups excluding carboxylic acids is 3. The van der Waals surface area contributed by atoms with E-state index in [9.17, 15) is 14.4 Å². The Kier molecular flexibility index (Phi) is 8.63. The maximum Gasteiger partial charge on any atom is 0.415 e. The van der Waals surface area contributed by atoms with Gasteiger partial charge in [0.2, 0.25) is 5.91 Å². The lowest BCUT2D eigenvalue weighted by atomic mass is 9.82. The molecule has 178 valence electrons. The van der Waals surface area contributed by atoms with Gasteiger partial charge < -0.3 is 19.7 Å². The zero-order valence-corrected chi connectivity index (χ0v) is 20.5. The molecular weight excluding hydrogens is 420 g/mol. The number of nitrogens with one attached hydrogen (secondary N) is 1. The highest BCUT2D eigenvalue weighted by Gasteiger charge is 2.38.